The van der Waals surface area contributed by atoms with Crippen LogP contribution in [0, 0.1) is 0 Å². The Hall–Kier alpha value is -2.56. The Kier molecular flexibility index (Phi) is 4.55. The molecule has 0 amide bonds. The van der Waals surface area contributed by atoms with Crippen molar-refractivity contribution in [2.75, 3.05) is 0 Å². The fraction of sp³-hybridized carbons (Fsp3) is 0. The Morgan fingerprint density at radius 1 is 0.280 bits per heavy atom. The standard InChI is InChI=1S/C24H20As/c1-5-13-21(14-6-1)25(22-15-7-2-8-16-22,23-17-9-3-10-18-23)24-19-11-4-12-20-24/h1-20H/q+1. The van der Waals surface area contributed by atoms with Crippen LogP contribution in [0.1, 0.15) is 0 Å². The van der Waals surface area contributed by atoms with Crippen molar-refractivity contribution >= 4 is 31.0 Å². The first-order valence-corrected chi connectivity index (χ1v) is 12.3. The fourth-order valence-electron chi connectivity index (χ4n) is 3.50. The van der Waals surface area contributed by atoms with Gasteiger partial charge in [0.1, 0.15) is 0 Å². The van der Waals surface area contributed by atoms with E-state index in [1.54, 1.807) is 0 Å². The van der Waals surface area contributed by atoms with E-state index in [-0.39, 0.29) is 0 Å². The van der Waals surface area contributed by atoms with Crippen LogP contribution in [0.2, 0.25) is 0 Å². The van der Waals surface area contributed by atoms with E-state index < -0.39 is 13.6 Å². The minimum absolute atomic E-state index is 1.45. The predicted molar refractivity (Wildman–Crippen MR) is 110 cm³/mol. The van der Waals surface area contributed by atoms with Crippen LogP contribution in [0.15, 0.2) is 121 Å². The normalized spacial score (nSPS) is 11.2. The van der Waals surface area contributed by atoms with Crippen LogP contribution in [-0.2, 0) is 0 Å². The predicted octanol–water partition coefficient (Wildman–Crippen LogP) is 3.06. The Morgan fingerprint density at radius 3 is 0.680 bits per heavy atom. The van der Waals surface area contributed by atoms with E-state index in [0.717, 1.165) is 0 Å². The molecule has 120 valence electrons. The summed E-state index contributed by atoms with van der Waals surface area (Å²) in [6.45, 7) is 0. The zero-order valence-electron chi connectivity index (χ0n) is 14.0. The van der Waals surface area contributed by atoms with Crippen molar-refractivity contribution in [3.8, 4) is 0 Å². The average molecular weight is 383 g/mol. The molecule has 4 rings (SSSR count). The van der Waals surface area contributed by atoms with Crippen LogP contribution in [0.3, 0.4) is 0 Å². The summed E-state index contributed by atoms with van der Waals surface area (Å²) in [6.07, 6.45) is 0. The molecule has 4 aromatic carbocycles. The van der Waals surface area contributed by atoms with Gasteiger partial charge in [0.2, 0.25) is 0 Å². The van der Waals surface area contributed by atoms with E-state index in [1.165, 1.54) is 17.4 Å². The maximum atomic E-state index is 2.31. The molecule has 0 aliphatic heterocycles. The van der Waals surface area contributed by atoms with Crippen molar-refractivity contribution in [2.45, 2.75) is 0 Å². The SMILES string of the molecule is c1ccc([As+](c2ccccc2)(c2ccccc2)c2ccccc2)cc1. The van der Waals surface area contributed by atoms with Gasteiger partial charge < -0.3 is 0 Å². The second-order valence-electron chi connectivity index (χ2n) is 6.01. The van der Waals surface area contributed by atoms with E-state index in [0.29, 0.717) is 0 Å². The Balaban J connectivity index is 2.13. The first-order valence-electron chi connectivity index (χ1n) is 8.54. The summed E-state index contributed by atoms with van der Waals surface area (Å²) < 4.78 is 5.79. The Labute approximate surface area is 152 Å². The van der Waals surface area contributed by atoms with Crippen molar-refractivity contribution < 1.29 is 0 Å². The number of hydrogen-bond acceptors (Lipinski definition) is 0. The van der Waals surface area contributed by atoms with E-state index in [2.05, 4.69) is 121 Å². The molecule has 0 bridgehead atoms. The van der Waals surface area contributed by atoms with Crippen molar-refractivity contribution in [3.05, 3.63) is 121 Å². The average Bonchev–Trinajstić information content (AvgIpc) is 2.72. The molecule has 0 aliphatic rings. The van der Waals surface area contributed by atoms with Crippen molar-refractivity contribution in [1.29, 1.82) is 0 Å². The monoisotopic (exact) mass is 383 g/mol. The zero-order valence-corrected chi connectivity index (χ0v) is 15.9. The van der Waals surface area contributed by atoms with Gasteiger partial charge in [-0.3, -0.25) is 0 Å². The third kappa shape index (κ3) is 2.84. The van der Waals surface area contributed by atoms with E-state index in [1.807, 2.05) is 0 Å². The van der Waals surface area contributed by atoms with Crippen LogP contribution in [0.5, 0.6) is 0 Å². The molecule has 0 N–H and O–H groups in total. The van der Waals surface area contributed by atoms with Gasteiger partial charge in [-0.1, -0.05) is 0 Å². The molecule has 0 nitrogen and oxygen atoms in total. The summed E-state index contributed by atoms with van der Waals surface area (Å²) in [5.41, 5.74) is 0. The van der Waals surface area contributed by atoms with Crippen LogP contribution >= 0.6 is 0 Å². The van der Waals surface area contributed by atoms with Gasteiger partial charge in [-0.2, -0.15) is 0 Å². The summed E-state index contributed by atoms with van der Waals surface area (Å²) in [5.74, 6) is 0. The molecular formula is C24H20As+. The van der Waals surface area contributed by atoms with Gasteiger partial charge >= 0.3 is 152 Å². The van der Waals surface area contributed by atoms with Crippen molar-refractivity contribution in [2.24, 2.45) is 0 Å². The molecule has 0 fully saturated rings. The quantitative estimate of drug-likeness (QED) is 0.475. The van der Waals surface area contributed by atoms with Crippen LogP contribution in [0.4, 0.5) is 0 Å². The topological polar surface area (TPSA) is 0 Å². The second-order valence-corrected chi connectivity index (χ2v) is 13.2. The molecule has 0 saturated heterocycles. The first kappa shape index (κ1) is 15.9. The van der Waals surface area contributed by atoms with E-state index in [4.69, 9.17) is 0 Å². The molecule has 1 heteroatoms. The molecule has 0 heterocycles. The van der Waals surface area contributed by atoms with Crippen LogP contribution in [-0.4, -0.2) is 13.6 Å². The third-order valence-corrected chi connectivity index (χ3v) is 13.6. The minimum atomic E-state index is -2.77. The van der Waals surface area contributed by atoms with Crippen LogP contribution < -0.4 is 17.4 Å². The van der Waals surface area contributed by atoms with Gasteiger partial charge in [0.05, 0.1) is 0 Å². The molecule has 0 atom stereocenters. The van der Waals surface area contributed by atoms with Gasteiger partial charge in [-0.15, -0.1) is 0 Å². The fourth-order valence-corrected chi connectivity index (χ4v) is 12.5. The summed E-state index contributed by atoms with van der Waals surface area (Å²) in [4.78, 5) is 0. The molecule has 0 unspecified atom stereocenters. The van der Waals surface area contributed by atoms with Gasteiger partial charge in [-0.05, 0) is 0 Å². The number of hydrogen-bond donors (Lipinski definition) is 0. The van der Waals surface area contributed by atoms with Crippen molar-refractivity contribution in [3.63, 3.8) is 0 Å². The van der Waals surface area contributed by atoms with E-state index >= 15 is 0 Å². The molecule has 25 heavy (non-hydrogen) atoms. The van der Waals surface area contributed by atoms with Gasteiger partial charge in [-0.25, -0.2) is 0 Å². The molecule has 0 radical (unpaired) electrons. The van der Waals surface area contributed by atoms with Gasteiger partial charge in [0, 0.05) is 0 Å². The number of benzene rings is 4. The molecule has 0 aromatic heterocycles. The molecule has 0 aliphatic carbocycles. The molecule has 0 saturated carbocycles. The molecule has 0 spiro atoms. The van der Waals surface area contributed by atoms with Gasteiger partial charge in [0.25, 0.3) is 0 Å². The molecular weight excluding hydrogens is 363 g/mol. The summed E-state index contributed by atoms with van der Waals surface area (Å²) in [7, 11) is 0. The van der Waals surface area contributed by atoms with E-state index in [9.17, 15) is 0 Å². The summed E-state index contributed by atoms with van der Waals surface area (Å²) in [5, 5.41) is 0. The molecule has 4 aromatic rings. The summed E-state index contributed by atoms with van der Waals surface area (Å²) >= 11 is -2.77. The number of rotatable bonds is 4. The first-order chi connectivity index (χ1) is 12.4. The Bertz CT molecular complexity index is 753. The summed E-state index contributed by atoms with van der Waals surface area (Å²) in [6, 6.07) is 44.2. The zero-order chi connectivity index (χ0) is 17.0. The van der Waals surface area contributed by atoms with Gasteiger partial charge in [0.15, 0.2) is 0 Å². The van der Waals surface area contributed by atoms with Crippen LogP contribution in [0.25, 0.3) is 0 Å². The third-order valence-electron chi connectivity index (χ3n) is 4.57. The Morgan fingerprint density at radius 2 is 0.480 bits per heavy atom. The maximum absolute atomic E-state index is 2.77. The van der Waals surface area contributed by atoms with Crippen molar-refractivity contribution in [1.82, 2.24) is 0 Å². The second kappa shape index (κ2) is 7.13.